The largest absolute Gasteiger partial charge is 0.493 e. The van der Waals surface area contributed by atoms with E-state index < -0.39 is 5.60 Å². The normalized spacial score (nSPS) is 17.3. The zero-order valence-electron chi connectivity index (χ0n) is 18.9. The number of methoxy groups -OCH3 is 2. The molecule has 1 aromatic rings. The molecule has 1 fully saturated rings. The molecule has 0 aliphatic carbocycles. The van der Waals surface area contributed by atoms with E-state index in [1.807, 2.05) is 26.0 Å². The van der Waals surface area contributed by atoms with E-state index >= 15 is 0 Å². The summed E-state index contributed by atoms with van der Waals surface area (Å²) in [6.07, 6.45) is 1.87. The van der Waals surface area contributed by atoms with Crippen molar-refractivity contribution in [2.45, 2.75) is 32.3 Å². The Bertz CT molecular complexity index is 661. The molecular weight excluding hydrogens is 384 g/mol. The third kappa shape index (κ3) is 8.38. The monoisotopic (exact) mass is 422 g/mol. The highest BCUT2D eigenvalue weighted by Crippen LogP contribution is 2.27. The summed E-state index contributed by atoms with van der Waals surface area (Å²) in [7, 11) is 3.29. The second kappa shape index (κ2) is 12.6. The van der Waals surface area contributed by atoms with Crippen molar-refractivity contribution in [1.29, 1.82) is 0 Å². The lowest BCUT2D eigenvalue weighted by Crippen LogP contribution is -2.48. The lowest BCUT2D eigenvalue weighted by Gasteiger charge is -2.33. The first kappa shape index (κ1) is 24.2. The van der Waals surface area contributed by atoms with Crippen LogP contribution in [0.1, 0.15) is 25.8 Å². The molecule has 1 aliphatic rings. The Morgan fingerprint density at radius 2 is 1.93 bits per heavy atom. The van der Waals surface area contributed by atoms with Gasteiger partial charge in [0, 0.05) is 32.7 Å². The minimum absolute atomic E-state index is 0.343. The first-order valence-electron chi connectivity index (χ1n) is 10.7. The average Bonchev–Trinajstić information content (AvgIpc) is 2.75. The summed E-state index contributed by atoms with van der Waals surface area (Å²) in [6, 6.07) is 6.01. The van der Waals surface area contributed by atoms with Gasteiger partial charge in [-0.25, -0.2) is 0 Å². The molecule has 8 nitrogen and oxygen atoms in total. The van der Waals surface area contributed by atoms with Gasteiger partial charge in [-0.15, -0.1) is 0 Å². The molecule has 1 aromatic carbocycles. The smallest absolute Gasteiger partial charge is 0.191 e. The number of benzene rings is 1. The van der Waals surface area contributed by atoms with Crippen molar-refractivity contribution in [3.8, 4) is 11.5 Å². The van der Waals surface area contributed by atoms with E-state index in [0.717, 1.165) is 69.7 Å². The Morgan fingerprint density at radius 3 is 2.60 bits per heavy atom. The van der Waals surface area contributed by atoms with E-state index in [1.165, 1.54) is 5.56 Å². The predicted octanol–water partition coefficient (Wildman–Crippen LogP) is 1.27. The maximum Gasteiger partial charge on any atom is 0.191 e. The summed E-state index contributed by atoms with van der Waals surface area (Å²) in [5, 5.41) is 17.3. The minimum Gasteiger partial charge on any atom is -0.493 e. The Kier molecular flexibility index (Phi) is 10.2. The topological polar surface area (TPSA) is 87.6 Å². The van der Waals surface area contributed by atoms with E-state index in [1.54, 1.807) is 14.2 Å². The van der Waals surface area contributed by atoms with E-state index in [4.69, 9.17) is 14.2 Å². The van der Waals surface area contributed by atoms with Gasteiger partial charge in [0.1, 0.15) is 0 Å². The van der Waals surface area contributed by atoms with E-state index in [0.29, 0.717) is 13.1 Å². The summed E-state index contributed by atoms with van der Waals surface area (Å²) in [5.74, 6) is 2.22. The predicted molar refractivity (Wildman–Crippen MR) is 120 cm³/mol. The Labute approximate surface area is 180 Å². The standard InChI is InChI=1S/C22H38N4O4/c1-5-23-21(25-16-22(2,27)17-26-11-13-30-14-12-26)24-10-6-7-18-8-9-19(28-3)20(15-18)29-4/h8-9,15,27H,5-7,10-14,16-17H2,1-4H3,(H2,23,24,25). The van der Waals surface area contributed by atoms with Crippen molar-refractivity contribution < 1.29 is 19.3 Å². The van der Waals surface area contributed by atoms with Crippen LogP contribution < -0.4 is 20.1 Å². The molecule has 1 unspecified atom stereocenters. The molecule has 170 valence electrons. The lowest BCUT2D eigenvalue weighted by molar-refractivity contribution is -0.0179. The van der Waals surface area contributed by atoms with Gasteiger partial charge >= 0.3 is 0 Å². The van der Waals surface area contributed by atoms with Crippen molar-refractivity contribution in [3.05, 3.63) is 23.8 Å². The molecule has 1 saturated heterocycles. The van der Waals surface area contributed by atoms with Crippen LogP contribution in [0.2, 0.25) is 0 Å². The number of β-amino-alcohol motifs (C(OH)–C–C–N with tert-alkyl or cyclic N) is 1. The van der Waals surface area contributed by atoms with Crippen LogP contribution in [0.5, 0.6) is 11.5 Å². The van der Waals surface area contributed by atoms with Crippen LogP contribution >= 0.6 is 0 Å². The van der Waals surface area contributed by atoms with Crippen LogP contribution in [0, 0.1) is 0 Å². The van der Waals surface area contributed by atoms with Crippen molar-refractivity contribution in [1.82, 2.24) is 15.5 Å². The highest BCUT2D eigenvalue weighted by Gasteiger charge is 2.25. The molecule has 30 heavy (non-hydrogen) atoms. The van der Waals surface area contributed by atoms with Gasteiger partial charge in [0.2, 0.25) is 0 Å². The first-order valence-corrected chi connectivity index (χ1v) is 10.7. The van der Waals surface area contributed by atoms with Crippen LogP contribution in [0.15, 0.2) is 23.2 Å². The molecule has 0 amide bonds. The summed E-state index contributed by atoms with van der Waals surface area (Å²) < 4.78 is 16.0. The third-order valence-corrected chi connectivity index (χ3v) is 4.97. The van der Waals surface area contributed by atoms with Crippen molar-refractivity contribution in [3.63, 3.8) is 0 Å². The van der Waals surface area contributed by atoms with Gasteiger partial charge in [0.25, 0.3) is 0 Å². The van der Waals surface area contributed by atoms with Crippen LogP contribution in [-0.4, -0.2) is 88.3 Å². The SMILES string of the molecule is CCNC(=NCC(C)(O)CN1CCOCC1)NCCCc1ccc(OC)c(OC)c1. The Hall–Kier alpha value is -2.03. The molecule has 0 spiro atoms. The summed E-state index contributed by atoms with van der Waals surface area (Å²) >= 11 is 0. The number of aliphatic hydroxyl groups is 1. The second-order valence-electron chi connectivity index (χ2n) is 7.80. The van der Waals surface area contributed by atoms with Gasteiger partial charge < -0.3 is 30.0 Å². The van der Waals surface area contributed by atoms with E-state index in [9.17, 15) is 5.11 Å². The number of nitrogens with one attached hydrogen (secondary N) is 2. The van der Waals surface area contributed by atoms with Crippen molar-refractivity contribution >= 4 is 5.96 Å². The van der Waals surface area contributed by atoms with Gasteiger partial charge in [0.05, 0.1) is 39.6 Å². The number of hydrogen-bond acceptors (Lipinski definition) is 6. The molecule has 0 radical (unpaired) electrons. The number of ether oxygens (including phenoxy) is 3. The first-order chi connectivity index (χ1) is 14.5. The van der Waals surface area contributed by atoms with Crippen molar-refractivity contribution in [2.75, 3.05) is 66.7 Å². The molecular formula is C22H38N4O4. The van der Waals surface area contributed by atoms with Crippen LogP contribution in [0.3, 0.4) is 0 Å². The quantitative estimate of drug-likeness (QED) is 0.281. The van der Waals surface area contributed by atoms with Crippen LogP contribution in [0.25, 0.3) is 0 Å². The number of aliphatic imine (C=N–C) groups is 1. The summed E-state index contributed by atoms with van der Waals surface area (Å²) in [4.78, 5) is 6.82. The second-order valence-corrected chi connectivity index (χ2v) is 7.80. The maximum atomic E-state index is 10.7. The van der Waals surface area contributed by atoms with Gasteiger partial charge in [-0.3, -0.25) is 9.89 Å². The van der Waals surface area contributed by atoms with Gasteiger partial charge in [-0.2, -0.15) is 0 Å². The summed E-state index contributed by atoms with van der Waals surface area (Å²) in [6.45, 7) is 9.53. The highest BCUT2D eigenvalue weighted by molar-refractivity contribution is 5.79. The fraction of sp³-hybridized carbons (Fsp3) is 0.682. The number of nitrogens with zero attached hydrogens (tertiary/aromatic N) is 2. The molecule has 1 atom stereocenters. The number of guanidine groups is 1. The van der Waals surface area contributed by atoms with Gasteiger partial charge in [-0.05, 0) is 44.4 Å². The number of morpholine rings is 1. The van der Waals surface area contributed by atoms with Gasteiger partial charge in [-0.1, -0.05) is 6.07 Å². The molecule has 1 heterocycles. The third-order valence-electron chi connectivity index (χ3n) is 4.97. The van der Waals surface area contributed by atoms with Crippen LogP contribution in [0.4, 0.5) is 0 Å². The molecule has 0 bridgehead atoms. The lowest BCUT2D eigenvalue weighted by atomic mass is 10.1. The highest BCUT2D eigenvalue weighted by atomic mass is 16.5. The average molecular weight is 423 g/mol. The Balaban J connectivity index is 1.80. The van der Waals surface area contributed by atoms with Gasteiger partial charge in [0.15, 0.2) is 17.5 Å². The zero-order chi connectivity index (χ0) is 21.8. The number of hydrogen-bond donors (Lipinski definition) is 3. The molecule has 2 rings (SSSR count). The fourth-order valence-corrected chi connectivity index (χ4v) is 3.42. The fourth-order valence-electron chi connectivity index (χ4n) is 3.42. The molecule has 0 aromatic heterocycles. The zero-order valence-corrected chi connectivity index (χ0v) is 18.9. The molecule has 0 saturated carbocycles. The van der Waals surface area contributed by atoms with Crippen molar-refractivity contribution in [2.24, 2.45) is 4.99 Å². The maximum absolute atomic E-state index is 10.7. The number of aryl methyl sites for hydroxylation is 1. The molecule has 3 N–H and O–H groups in total. The van der Waals surface area contributed by atoms with Crippen LogP contribution in [-0.2, 0) is 11.2 Å². The Morgan fingerprint density at radius 1 is 1.20 bits per heavy atom. The minimum atomic E-state index is -0.876. The molecule has 8 heteroatoms. The summed E-state index contributed by atoms with van der Waals surface area (Å²) in [5.41, 5.74) is 0.323. The molecule has 1 aliphatic heterocycles. The van der Waals surface area contributed by atoms with E-state index in [2.05, 4.69) is 26.6 Å². The van der Waals surface area contributed by atoms with E-state index in [-0.39, 0.29) is 0 Å². The number of rotatable bonds is 11.